The maximum atomic E-state index is 12.1. The largest absolute Gasteiger partial charge is 0.473 e. The number of ether oxygens (including phenoxy) is 2. The zero-order valence-electron chi connectivity index (χ0n) is 19.9. The minimum absolute atomic E-state index is 0.447. The lowest BCUT2D eigenvalue weighted by Gasteiger charge is -2.29. The van der Waals surface area contributed by atoms with Crippen molar-refractivity contribution >= 4 is 12.1 Å². The summed E-state index contributed by atoms with van der Waals surface area (Å²) in [5.74, 6) is 1.17. The molecule has 0 aliphatic carbocycles. The first-order valence-electron chi connectivity index (χ1n) is 10.6. The SMILES string of the molecule is CN=C(NCc1cccnc1OCc1ccccc1)NCC(C)(C)NC(=O)OC(C)(C)C. The monoisotopic (exact) mass is 441 g/mol. The predicted octanol–water partition coefficient (Wildman–Crippen LogP) is 3.63. The molecule has 0 saturated heterocycles. The minimum Gasteiger partial charge on any atom is -0.473 e. The number of pyridine rings is 1. The molecule has 0 atom stereocenters. The number of nitrogens with one attached hydrogen (secondary N) is 3. The minimum atomic E-state index is -0.546. The predicted molar refractivity (Wildman–Crippen MR) is 127 cm³/mol. The van der Waals surface area contributed by atoms with E-state index in [1.54, 1.807) is 13.2 Å². The fraction of sp³-hybridized carbons (Fsp3) is 0.458. The number of hydrogen-bond donors (Lipinski definition) is 3. The van der Waals surface area contributed by atoms with Gasteiger partial charge in [-0.3, -0.25) is 4.99 Å². The molecule has 3 N–H and O–H groups in total. The number of amides is 1. The quantitative estimate of drug-likeness (QED) is 0.428. The number of guanidine groups is 1. The van der Waals surface area contributed by atoms with Gasteiger partial charge in [-0.25, -0.2) is 9.78 Å². The standard InChI is InChI=1S/C24H35N5O3/c1-23(2,3)32-22(30)29-24(4,5)17-28-21(25-6)27-15-19-13-10-14-26-20(19)31-16-18-11-8-7-9-12-18/h7-14H,15-17H2,1-6H3,(H,29,30)(H2,25,27,28). The Morgan fingerprint density at radius 1 is 1.03 bits per heavy atom. The van der Waals surface area contributed by atoms with Gasteiger partial charge < -0.3 is 25.4 Å². The Labute approximate surface area is 190 Å². The van der Waals surface area contributed by atoms with E-state index in [4.69, 9.17) is 9.47 Å². The van der Waals surface area contributed by atoms with Gasteiger partial charge in [0.15, 0.2) is 5.96 Å². The zero-order chi connectivity index (χ0) is 23.6. The van der Waals surface area contributed by atoms with Crippen LogP contribution < -0.4 is 20.7 Å². The van der Waals surface area contributed by atoms with Crippen molar-refractivity contribution in [2.75, 3.05) is 13.6 Å². The van der Waals surface area contributed by atoms with Crippen LogP contribution in [0, 0.1) is 0 Å². The highest BCUT2D eigenvalue weighted by molar-refractivity contribution is 5.79. The molecule has 0 aliphatic heterocycles. The number of aliphatic imine (C=N–C) groups is 1. The second-order valence-electron chi connectivity index (χ2n) is 9.03. The second kappa shape index (κ2) is 11.4. The van der Waals surface area contributed by atoms with Crippen molar-refractivity contribution in [2.45, 2.75) is 58.9 Å². The molecule has 0 saturated carbocycles. The van der Waals surface area contributed by atoms with Crippen molar-refractivity contribution in [2.24, 2.45) is 4.99 Å². The smallest absolute Gasteiger partial charge is 0.408 e. The average Bonchev–Trinajstić information content (AvgIpc) is 2.72. The molecule has 0 spiro atoms. The zero-order valence-corrected chi connectivity index (χ0v) is 19.9. The Kier molecular flexibility index (Phi) is 8.87. The number of alkyl carbamates (subject to hydrolysis) is 1. The van der Waals surface area contributed by atoms with Gasteiger partial charge in [-0.2, -0.15) is 0 Å². The molecule has 1 aromatic carbocycles. The van der Waals surface area contributed by atoms with E-state index in [0.29, 0.717) is 31.5 Å². The number of rotatable bonds is 8. The van der Waals surface area contributed by atoms with Crippen LogP contribution in [-0.2, 0) is 17.9 Å². The summed E-state index contributed by atoms with van der Waals surface area (Å²) in [6, 6.07) is 13.8. The van der Waals surface area contributed by atoms with E-state index in [0.717, 1.165) is 11.1 Å². The lowest BCUT2D eigenvalue weighted by molar-refractivity contribution is 0.0474. The highest BCUT2D eigenvalue weighted by Gasteiger charge is 2.24. The third kappa shape index (κ3) is 9.24. The third-order valence-corrected chi connectivity index (χ3v) is 4.28. The maximum Gasteiger partial charge on any atom is 0.408 e. The Bertz CT molecular complexity index is 892. The van der Waals surface area contributed by atoms with Crippen molar-refractivity contribution in [1.82, 2.24) is 20.9 Å². The van der Waals surface area contributed by atoms with Crippen LogP contribution in [0.2, 0.25) is 0 Å². The van der Waals surface area contributed by atoms with Crippen molar-refractivity contribution < 1.29 is 14.3 Å². The molecule has 8 heteroatoms. The topological polar surface area (TPSA) is 96.9 Å². The van der Waals surface area contributed by atoms with Gasteiger partial charge >= 0.3 is 6.09 Å². The lowest BCUT2D eigenvalue weighted by atomic mass is 10.1. The van der Waals surface area contributed by atoms with Crippen molar-refractivity contribution in [3.8, 4) is 5.88 Å². The summed E-state index contributed by atoms with van der Waals surface area (Å²) < 4.78 is 11.2. The maximum absolute atomic E-state index is 12.1. The summed E-state index contributed by atoms with van der Waals surface area (Å²) in [5.41, 5.74) is 0.903. The summed E-state index contributed by atoms with van der Waals surface area (Å²) in [7, 11) is 1.69. The van der Waals surface area contributed by atoms with E-state index < -0.39 is 17.2 Å². The number of hydrogen-bond acceptors (Lipinski definition) is 5. The fourth-order valence-electron chi connectivity index (χ4n) is 2.74. The number of benzene rings is 1. The molecule has 0 radical (unpaired) electrons. The molecule has 0 unspecified atom stereocenters. The summed E-state index contributed by atoms with van der Waals surface area (Å²) in [5, 5.41) is 9.37. The molecule has 1 heterocycles. The Morgan fingerprint density at radius 2 is 1.75 bits per heavy atom. The molecule has 1 amide bonds. The van der Waals surface area contributed by atoms with Crippen LogP contribution in [-0.4, -0.2) is 41.8 Å². The number of carbonyl (C=O) groups is 1. The van der Waals surface area contributed by atoms with E-state index in [-0.39, 0.29) is 0 Å². The van der Waals surface area contributed by atoms with E-state index >= 15 is 0 Å². The van der Waals surface area contributed by atoms with Gasteiger partial charge in [0, 0.05) is 31.9 Å². The van der Waals surface area contributed by atoms with Gasteiger partial charge in [0.05, 0.1) is 5.54 Å². The summed E-state index contributed by atoms with van der Waals surface area (Å²) in [6.45, 7) is 10.7. The van der Waals surface area contributed by atoms with Crippen LogP contribution in [0.1, 0.15) is 45.7 Å². The molecule has 1 aromatic heterocycles. The summed E-state index contributed by atoms with van der Waals surface area (Å²) >= 11 is 0. The molecule has 2 rings (SSSR count). The lowest BCUT2D eigenvalue weighted by Crippen LogP contribution is -2.54. The molecular weight excluding hydrogens is 406 g/mol. The molecule has 8 nitrogen and oxygen atoms in total. The van der Waals surface area contributed by atoms with Crippen LogP contribution >= 0.6 is 0 Å². The number of carbonyl (C=O) groups excluding carboxylic acids is 1. The molecular formula is C24H35N5O3. The van der Waals surface area contributed by atoms with E-state index in [1.165, 1.54) is 0 Å². The van der Waals surface area contributed by atoms with Crippen molar-refractivity contribution in [3.05, 3.63) is 59.8 Å². The second-order valence-corrected chi connectivity index (χ2v) is 9.03. The number of nitrogens with zero attached hydrogens (tertiary/aromatic N) is 2. The van der Waals surface area contributed by atoms with Crippen molar-refractivity contribution in [3.63, 3.8) is 0 Å². The number of aromatic nitrogens is 1. The Hall–Kier alpha value is -3.29. The normalized spacial score (nSPS) is 12.1. The van der Waals surface area contributed by atoms with E-state index in [9.17, 15) is 4.79 Å². The molecule has 0 bridgehead atoms. The summed E-state index contributed by atoms with van der Waals surface area (Å²) in [4.78, 5) is 20.7. The molecule has 0 aliphatic rings. The highest BCUT2D eigenvalue weighted by Crippen LogP contribution is 2.16. The molecule has 32 heavy (non-hydrogen) atoms. The first-order chi connectivity index (χ1) is 15.1. The van der Waals surface area contributed by atoms with Gasteiger partial charge in [0.2, 0.25) is 5.88 Å². The Morgan fingerprint density at radius 3 is 2.41 bits per heavy atom. The third-order valence-electron chi connectivity index (χ3n) is 4.28. The van der Waals surface area contributed by atoms with Crippen molar-refractivity contribution in [1.29, 1.82) is 0 Å². The van der Waals surface area contributed by atoms with E-state index in [2.05, 4.69) is 25.9 Å². The molecule has 174 valence electrons. The summed E-state index contributed by atoms with van der Waals surface area (Å²) in [6.07, 6.45) is 1.25. The fourth-order valence-corrected chi connectivity index (χ4v) is 2.74. The van der Waals surface area contributed by atoms with Gasteiger partial charge in [-0.15, -0.1) is 0 Å². The van der Waals surface area contributed by atoms with Crippen LogP contribution in [0.3, 0.4) is 0 Å². The first kappa shape index (κ1) is 25.0. The Balaban J connectivity index is 1.87. The average molecular weight is 442 g/mol. The van der Waals surface area contributed by atoms with Crippen LogP contribution in [0.4, 0.5) is 4.79 Å². The van der Waals surface area contributed by atoms with Gasteiger partial charge in [0.1, 0.15) is 12.2 Å². The van der Waals surface area contributed by atoms with Gasteiger partial charge in [0.25, 0.3) is 0 Å². The van der Waals surface area contributed by atoms with E-state index in [1.807, 2.05) is 77.1 Å². The van der Waals surface area contributed by atoms with Crippen LogP contribution in [0.5, 0.6) is 5.88 Å². The highest BCUT2D eigenvalue weighted by atomic mass is 16.6. The molecule has 0 fully saturated rings. The van der Waals surface area contributed by atoms with Gasteiger partial charge in [-0.1, -0.05) is 36.4 Å². The van der Waals surface area contributed by atoms with Crippen LogP contribution in [0.15, 0.2) is 53.7 Å². The van der Waals surface area contributed by atoms with Gasteiger partial charge in [-0.05, 0) is 46.2 Å². The first-order valence-corrected chi connectivity index (χ1v) is 10.6. The molecule has 2 aromatic rings. The van der Waals surface area contributed by atoms with Crippen LogP contribution in [0.25, 0.3) is 0 Å².